The maximum Gasteiger partial charge on any atom is 0.232 e. The number of aromatic nitrogens is 2. The molecule has 0 aliphatic heterocycles. The highest BCUT2D eigenvalue weighted by Gasteiger charge is 2.14. The lowest BCUT2D eigenvalue weighted by atomic mass is 10.2. The van der Waals surface area contributed by atoms with Crippen molar-refractivity contribution in [2.24, 2.45) is 0 Å². The van der Waals surface area contributed by atoms with Crippen LogP contribution in [0.4, 0.5) is 0 Å². The van der Waals surface area contributed by atoms with E-state index in [0.29, 0.717) is 16.5 Å². The minimum atomic E-state index is -3.26. The molecule has 1 aromatic heterocycles. The molecule has 0 amide bonds. The molecule has 90 valence electrons. The highest BCUT2D eigenvalue weighted by atomic mass is 35.5. The van der Waals surface area contributed by atoms with Crippen molar-refractivity contribution in [2.75, 3.05) is 6.26 Å². The smallest absolute Gasteiger partial charge is 0.221 e. The van der Waals surface area contributed by atoms with Gasteiger partial charge in [-0.25, -0.2) is 8.42 Å². The normalized spacial score (nSPS) is 11.6. The number of nitrogens with zero attached hydrogens (tertiary/aromatic N) is 2. The first-order valence-electron chi connectivity index (χ1n) is 4.72. The SMILES string of the molecule is CS(=O)(=O)c1nnc(Cc2ccc(Cl)cc2)s1. The first kappa shape index (κ1) is 12.5. The molecular formula is C10H9ClN2O2S2. The molecule has 0 aliphatic rings. The maximum absolute atomic E-state index is 11.2. The van der Waals surface area contributed by atoms with Gasteiger partial charge in [0.25, 0.3) is 0 Å². The molecule has 17 heavy (non-hydrogen) atoms. The van der Waals surface area contributed by atoms with Gasteiger partial charge in [0.1, 0.15) is 5.01 Å². The Morgan fingerprint density at radius 3 is 2.41 bits per heavy atom. The van der Waals surface area contributed by atoms with Crippen LogP contribution in [0.5, 0.6) is 0 Å². The molecule has 2 rings (SSSR count). The van der Waals surface area contributed by atoms with Crippen molar-refractivity contribution < 1.29 is 8.42 Å². The van der Waals surface area contributed by atoms with Crippen molar-refractivity contribution in [3.63, 3.8) is 0 Å². The summed E-state index contributed by atoms with van der Waals surface area (Å²) in [5.41, 5.74) is 1.02. The Morgan fingerprint density at radius 2 is 1.88 bits per heavy atom. The number of rotatable bonds is 3. The number of halogens is 1. The van der Waals surface area contributed by atoms with Crippen molar-refractivity contribution >= 4 is 32.8 Å². The summed E-state index contributed by atoms with van der Waals surface area (Å²) in [6, 6.07) is 7.33. The maximum atomic E-state index is 11.2. The molecular weight excluding hydrogens is 280 g/mol. The number of sulfone groups is 1. The highest BCUT2D eigenvalue weighted by Crippen LogP contribution is 2.19. The van der Waals surface area contributed by atoms with E-state index >= 15 is 0 Å². The molecule has 0 saturated heterocycles. The van der Waals surface area contributed by atoms with Crippen LogP contribution in [0.15, 0.2) is 28.6 Å². The van der Waals surface area contributed by atoms with E-state index in [4.69, 9.17) is 11.6 Å². The fraction of sp³-hybridized carbons (Fsp3) is 0.200. The molecule has 0 spiro atoms. The van der Waals surface area contributed by atoms with Crippen molar-refractivity contribution in [2.45, 2.75) is 10.8 Å². The lowest BCUT2D eigenvalue weighted by Gasteiger charge is -1.96. The van der Waals surface area contributed by atoms with Crippen molar-refractivity contribution in [3.05, 3.63) is 39.9 Å². The summed E-state index contributed by atoms with van der Waals surface area (Å²) in [7, 11) is -3.26. The molecule has 0 atom stereocenters. The second-order valence-corrected chi connectivity index (χ2v) is 7.23. The minimum Gasteiger partial charge on any atom is -0.221 e. The molecule has 1 heterocycles. The summed E-state index contributed by atoms with van der Waals surface area (Å²) in [6.07, 6.45) is 1.68. The average Bonchev–Trinajstić information content (AvgIpc) is 2.69. The molecule has 0 N–H and O–H groups in total. The zero-order chi connectivity index (χ0) is 12.5. The van der Waals surface area contributed by atoms with E-state index < -0.39 is 9.84 Å². The zero-order valence-corrected chi connectivity index (χ0v) is 11.3. The first-order chi connectivity index (χ1) is 7.95. The van der Waals surface area contributed by atoms with Crippen LogP contribution in [0.2, 0.25) is 5.02 Å². The number of hydrogen-bond donors (Lipinski definition) is 0. The van der Waals surface area contributed by atoms with E-state index in [-0.39, 0.29) is 4.34 Å². The van der Waals surface area contributed by atoms with Gasteiger partial charge in [-0.15, -0.1) is 10.2 Å². The lowest BCUT2D eigenvalue weighted by molar-refractivity contribution is 0.600. The van der Waals surface area contributed by atoms with Gasteiger partial charge < -0.3 is 0 Å². The van der Waals surface area contributed by atoms with Gasteiger partial charge in [0.05, 0.1) is 0 Å². The van der Waals surface area contributed by atoms with Gasteiger partial charge in [-0.1, -0.05) is 35.1 Å². The van der Waals surface area contributed by atoms with Crippen LogP contribution < -0.4 is 0 Å². The van der Waals surface area contributed by atoms with Crippen LogP contribution in [0.1, 0.15) is 10.6 Å². The summed E-state index contributed by atoms with van der Waals surface area (Å²) in [5.74, 6) is 0. The third-order valence-corrected chi connectivity index (χ3v) is 4.88. The summed E-state index contributed by atoms with van der Waals surface area (Å²) >= 11 is 6.87. The summed E-state index contributed by atoms with van der Waals surface area (Å²) in [5, 5.41) is 8.86. The second kappa shape index (κ2) is 4.72. The third kappa shape index (κ3) is 3.24. The van der Waals surface area contributed by atoms with Crippen LogP contribution in [-0.2, 0) is 16.3 Å². The van der Waals surface area contributed by atoms with Crippen LogP contribution in [0, 0.1) is 0 Å². The van der Waals surface area contributed by atoms with Crippen molar-refractivity contribution in [1.82, 2.24) is 10.2 Å². The van der Waals surface area contributed by atoms with Gasteiger partial charge in [-0.3, -0.25) is 0 Å². The predicted octanol–water partition coefficient (Wildman–Crippen LogP) is 2.19. The molecule has 0 unspecified atom stereocenters. The van der Waals surface area contributed by atoms with Gasteiger partial charge in [-0.2, -0.15) is 0 Å². The monoisotopic (exact) mass is 288 g/mol. The summed E-state index contributed by atoms with van der Waals surface area (Å²) < 4.78 is 22.5. The summed E-state index contributed by atoms with van der Waals surface area (Å²) in [4.78, 5) is 0. The van der Waals surface area contributed by atoms with E-state index in [1.54, 1.807) is 12.1 Å². The third-order valence-electron chi connectivity index (χ3n) is 2.03. The van der Waals surface area contributed by atoms with Gasteiger partial charge >= 0.3 is 0 Å². The quantitative estimate of drug-likeness (QED) is 0.868. The topological polar surface area (TPSA) is 59.9 Å². The predicted molar refractivity (Wildman–Crippen MR) is 67.3 cm³/mol. The Morgan fingerprint density at radius 1 is 1.24 bits per heavy atom. The molecule has 0 radical (unpaired) electrons. The molecule has 0 saturated carbocycles. The van der Waals surface area contributed by atoms with E-state index in [2.05, 4.69) is 10.2 Å². The first-order valence-corrected chi connectivity index (χ1v) is 7.80. The standard InChI is InChI=1S/C10H9ClN2O2S2/c1-17(14,15)10-13-12-9(16-10)6-7-2-4-8(11)5-3-7/h2-5H,6H2,1H3. The lowest BCUT2D eigenvalue weighted by Crippen LogP contribution is -1.95. The molecule has 1 aromatic carbocycles. The van der Waals surface area contributed by atoms with Gasteiger partial charge in [0, 0.05) is 17.7 Å². The largest absolute Gasteiger partial charge is 0.232 e. The fourth-order valence-electron chi connectivity index (χ4n) is 1.24. The van der Waals surface area contributed by atoms with E-state index in [1.165, 1.54) is 0 Å². The van der Waals surface area contributed by atoms with Crippen LogP contribution >= 0.6 is 22.9 Å². The van der Waals surface area contributed by atoms with Gasteiger partial charge in [0.15, 0.2) is 0 Å². The Balaban J connectivity index is 2.20. The Bertz CT molecular complexity index is 620. The molecule has 7 heteroatoms. The minimum absolute atomic E-state index is 0.0569. The van der Waals surface area contributed by atoms with Crippen LogP contribution in [0.3, 0.4) is 0 Å². The van der Waals surface area contributed by atoms with Crippen LogP contribution in [0.25, 0.3) is 0 Å². The van der Waals surface area contributed by atoms with Gasteiger partial charge in [0.2, 0.25) is 14.2 Å². The molecule has 0 fully saturated rings. The van der Waals surface area contributed by atoms with Crippen molar-refractivity contribution in [3.8, 4) is 0 Å². The van der Waals surface area contributed by atoms with E-state index in [0.717, 1.165) is 23.2 Å². The zero-order valence-electron chi connectivity index (χ0n) is 8.92. The average molecular weight is 289 g/mol. The second-order valence-electron chi connectivity index (χ2n) is 3.54. The van der Waals surface area contributed by atoms with E-state index in [9.17, 15) is 8.42 Å². The molecule has 4 nitrogen and oxygen atoms in total. The Kier molecular flexibility index (Phi) is 3.46. The Labute approximate surface area is 108 Å². The summed E-state index contributed by atoms with van der Waals surface area (Å²) in [6.45, 7) is 0. The fourth-order valence-corrected chi connectivity index (χ4v) is 3.05. The van der Waals surface area contributed by atoms with Gasteiger partial charge in [-0.05, 0) is 17.7 Å². The number of hydrogen-bond acceptors (Lipinski definition) is 5. The van der Waals surface area contributed by atoms with Crippen LogP contribution in [-0.4, -0.2) is 24.9 Å². The van der Waals surface area contributed by atoms with E-state index in [1.807, 2.05) is 12.1 Å². The number of benzene rings is 1. The Hall–Kier alpha value is -0.980. The highest BCUT2D eigenvalue weighted by molar-refractivity contribution is 7.92. The van der Waals surface area contributed by atoms with Crippen molar-refractivity contribution in [1.29, 1.82) is 0 Å². The molecule has 0 bridgehead atoms. The molecule has 0 aliphatic carbocycles. The molecule has 2 aromatic rings.